The summed E-state index contributed by atoms with van der Waals surface area (Å²) in [6.45, 7) is 3.37. The van der Waals surface area contributed by atoms with E-state index in [4.69, 9.17) is 22.9 Å². The lowest BCUT2D eigenvalue weighted by Crippen LogP contribution is -2.58. The summed E-state index contributed by atoms with van der Waals surface area (Å²) in [5, 5.41) is 26.4. The molecule has 0 saturated carbocycles. The van der Waals surface area contributed by atoms with Gasteiger partial charge in [-0.15, -0.1) is 0 Å². The van der Waals surface area contributed by atoms with Gasteiger partial charge in [0.2, 0.25) is 17.7 Å². The third-order valence-electron chi connectivity index (χ3n) is 5.48. The van der Waals surface area contributed by atoms with Crippen LogP contribution in [0.2, 0.25) is 0 Å². The van der Waals surface area contributed by atoms with E-state index in [1.165, 1.54) is 0 Å². The SMILES string of the molecule is CCC(C)C(NC(=O)C(CCCN=C(N)N)NC(=O)C(CO)NC(=O)C(N)CCCCN)C(=O)O. The van der Waals surface area contributed by atoms with Crippen LogP contribution in [-0.2, 0) is 19.2 Å². The predicted molar refractivity (Wildman–Crippen MR) is 131 cm³/mol. The number of carbonyl (C=O) groups excluding carboxylic acids is 3. The van der Waals surface area contributed by atoms with Gasteiger partial charge in [0.15, 0.2) is 5.96 Å². The largest absolute Gasteiger partial charge is 0.480 e. The Bertz CT molecular complexity index is 716. The van der Waals surface area contributed by atoms with Gasteiger partial charge in [0.25, 0.3) is 0 Å². The van der Waals surface area contributed by atoms with Crippen LogP contribution in [0, 0.1) is 5.92 Å². The molecule has 5 unspecified atom stereocenters. The van der Waals surface area contributed by atoms with Gasteiger partial charge in [0, 0.05) is 6.54 Å². The van der Waals surface area contributed by atoms with Crippen LogP contribution in [0.25, 0.3) is 0 Å². The zero-order chi connectivity index (χ0) is 27.0. The standard InChI is InChI=1S/C21H42N8O6/c1-3-12(2)16(20(34)35)29-18(32)14(8-6-10-26-21(24)25)27-19(33)15(11-30)28-17(31)13(23)7-4-5-9-22/h12-16,30H,3-11,22-23H2,1-2H3,(H,27,33)(H,28,31)(H,29,32)(H,34,35)(H4,24,25,26). The number of guanidine groups is 1. The summed E-state index contributed by atoms with van der Waals surface area (Å²) >= 11 is 0. The lowest BCUT2D eigenvalue weighted by Gasteiger charge is -2.26. The third kappa shape index (κ3) is 12.9. The van der Waals surface area contributed by atoms with E-state index in [1.807, 2.05) is 0 Å². The number of hydrogen-bond acceptors (Lipinski definition) is 8. The Morgan fingerprint density at radius 3 is 2.03 bits per heavy atom. The van der Waals surface area contributed by atoms with Crippen molar-refractivity contribution in [2.45, 2.75) is 76.5 Å². The van der Waals surface area contributed by atoms with Crippen molar-refractivity contribution in [3.8, 4) is 0 Å². The van der Waals surface area contributed by atoms with E-state index in [-0.39, 0.29) is 24.8 Å². The number of nitrogens with zero attached hydrogens (tertiary/aromatic N) is 1. The Morgan fingerprint density at radius 1 is 0.914 bits per heavy atom. The molecule has 0 saturated heterocycles. The Balaban J connectivity index is 5.37. The average Bonchev–Trinajstić information content (AvgIpc) is 2.81. The van der Waals surface area contributed by atoms with Gasteiger partial charge >= 0.3 is 5.97 Å². The highest BCUT2D eigenvalue weighted by molar-refractivity contribution is 5.94. The van der Waals surface area contributed by atoms with Crippen molar-refractivity contribution < 1.29 is 29.4 Å². The van der Waals surface area contributed by atoms with Gasteiger partial charge in [-0.2, -0.15) is 0 Å². The number of carbonyl (C=O) groups is 4. The fourth-order valence-electron chi connectivity index (χ4n) is 3.09. The number of aliphatic imine (C=N–C) groups is 1. The van der Waals surface area contributed by atoms with Crippen LogP contribution in [-0.4, -0.2) is 83.7 Å². The quantitative estimate of drug-likeness (QED) is 0.0523. The molecule has 0 aromatic rings. The van der Waals surface area contributed by atoms with E-state index in [0.717, 1.165) is 0 Å². The second kappa shape index (κ2) is 17.5. The lowest BCUT2D eigenvalue weighted by atomic mass is 9.98. The number of amides is 3. The van der Waals surface area contributed by atoms with Gasteiger partial charge in [-0.3, -0.25) is 19.4 Å². The van der Waals surface area contributed by atoms with Crippen LogP contribution >= 0.6 is 0 Å². The highest BCUT2D eigenvalue weighted by Gasteiger charge is 2.31. The molecule has 202 valence electrons. The molecule has 0 aromatic carbocycles. The second-order valence-corrected chi connectivity index (χ2v) is 8.35. The summed E-state index contributed by atoms with van der Waals surface area (Å²) in [6.07, 6.45) is 2.54. The van der Waals surface area contributed by atoms with Crippen molar-refractivity contribution in [2.75, 3.05) is 19.7 Å². The van der Waals surface area contributed by atoms with Gasteiger partial charge in [-0.05, 0) is 38.1 Å². The summed E-state index contributed by atoms with van der Waals surface area (Å²) in [4.78, 5) is 53.3. The van der Waals surface area contributed by atoms with E-state index >= 15 is 0 Å². The van der Waals surface area contributed by atoms with E-state index in [9.17, 15) is 29.4 Å². The maximum Gasteiger partial charge on any atom is 0.326 e. The van der Waals surface area contributed by atoms with Crippen molar-refractivity contribution in [1.82, 2.24) is 16.0 Å². The number of unbranched alkanes of at least 4 members (excludes halogenated alkanes) is 1. The number of rotatable bonds is 18. The fourth-order valence-corrected chi connectivity index (χ4v) is 3.09. The summed E-state index contributed by atoms with van der Waals surface area (Å²) < 4.78 is 0. The van der Waals surface area contributed by atoms with Crippen LogP contribution in [0.4, 0.5) is 0 Å². The predicted octanol–water partition coefficient (Wildman–Crippen LogP) is -2.93. The fraction of sp³-hybridized carbons (Fsp3) is 0.762. The molecule has 0 radical (unpaired) electrons. The van der Waals surface area contributed by atoms with Crippen LogP contribution in [0.3, 0.4) is 0 Å². The van der Waals surface area contributed by atoms with Crippen LogP contribution in [0.15, 0.2) is 4.99 Å². The number of nitrogens with two attached hydrogens (primary N) is 4. The molecule has 5 atom stereocenters. The van der Waals surface area contributed by atoms with Crippen molar-refractivity contribution in [1.29, 1.82) is 0 Å². The van der Waals surface area contributed by atoms with Crippen molar-refractivity contribution in [3.63, 3.8) is 0 Å². The van der Waals surface area contributed by atoms with Crippen molar-refractivity contribution in [2.24, 2.45) is 33.8 Å². The molecule has 0 aliphatic rings. The van der Waals surface area contributed by atoms with E-state index in [2.05, 4.69) is 20.9 Å². The number of carboxylic acids is 1. The summed E-state index contributed by atoms with van der Waals surface area (Å²) in [7, 11) is 0. The van der Waals surface area contributed by atoms with Crippen LogP contribution in [0.5, 0.6) is 0 Å². The number of aliphatic hydroxyl groups is 1. The number of carboxylic acid groups (broad SMARTS) is 1. The van der Waals surface area contributed by atoms with Crippen LogP contribution < -0.4 is 38.9 Å². The molecule has 13 N–H and O–H groups in total. The highest BCUT2D eigenvalue weighted by atomic mass is 16.4. The first-order chi connectivity index (χ1) is 16.5. The minimum atomic E-state index is -1.36. The van der Waals surface area contributed by atoms with Crippen molar-refractivity contribution in [3.05, 3.63) is 0 Å². The Labute approximate surface area is 205 Å². The normalized spacial score (nSPS) is 15.1. The number of nitrogens with one attached hydrogen (secondary N) is 3. The number of hydrogen-bond donors (Lipinski definition) is 9. The maximum atomic E-state index is 12.9. The number of aliphatic carboxylic acids is 1. The molecule has 0 bridgehead atoms. The molecule has 0 heterocycles. The molecule has 0 rings (SSSR count). The first-order valence-corrected chi connectivity index (χ1v) is 11.7. The first kappa shape index (κ1) is 32.0. The molecular formula is C21H42N8O6. The van der Waals surface area contributed by atoms with Crippen LogP contribution in [0.1, 0.15) is 52.4 Å². The summed E-state index contributed by atoms with van der Waals surface area (Å²) in [5.74, 6) is -3.89. The monoisotopic (exact) mass is 502 g/mol. The van der Waals surface area contributed by atoms with Gasteiger partial charge in [0.05, 0.1) is 12.6 Å². The third-order valence-corrected chi connectivity index (χ3v) is 5.48. The molecule has 0 aliphatic heterocycles. The minimum absolute atomic E-state index is 0.0753. The summed E-state index contributed by atoms with van der Waals surface area (Å²) in [6, 6.07) is -4.58. The van der Waals surface area contributed by atoms with Gasteiger partial charge in [-0.25, -0.2) is 4.79 Å². The lowest BCUT2D eigenvalue weighted by molar-refractivity contribution is -0.144. The Morgan fingerprint density at radius 2 is 1.51 bits per heavy atom. The Kier molecular flexibility index (Phi) is 16.0. The molecule has 0 aromatic heterocycles. The molecular weight excluding hydrogens is 460 g/mol. The van der Waals surface area contributed by atoms with Gasteiger partial charge < -0.3 is 49.1 Å². The molecule has 0 aliphatic carbocycles. The molecule has 35 heavy (non-hydrogen) atoms. The number of aliphatic hydroxyl groups excluding tert-OH is 1. The van der Waals surface area contributed by atoms with Gasteiger partial charge in [-0.1, -0.05) is 26.7 Å². The van der Waals surface area contributed by atoms with Crippen molar-refractivity contribution >= 4 is 29.7 Å². The highest BCUT2D eigenvalue weighted by Crippen LogP contribution is 2.09. The average molecular weight is 503 g/mol. The topological polar surface area (TPSA) is 261 Å². The zero-order valence-corrected chi connectivity index (χ0v) is 20.5. The Hall–Kier alpha value is -2.97. The minimum Gasteiger partial charge on any atom is -0.480 e. The second-order valence-electron chi connectivity index (χ2n) is 8.35. The van der Waals surface area contributed by atoms with Gasteiger partial charge in [0.1, 0.15) is 18.1 Å². The van der Waals surface area contributed by atoms with E-state index in [1.54, 1.807) is 13.8 Å². The molecule has 14 heteroatoms. The zero-order valence-electron chi connectivity index (χ0n) is 20.5. The molecule has 14 nitrogen and oxygen atoms in total. The molecule has 0 fully saturated rings. The molecule has 3 amide bonds. The van der Waals surface area contributed by atoms with E-state index < -0.39 is 54.5 Å². The first-order valence-electron chi connectivity index (χ1n) is 11.7. The van der Waals surface area contributed by atoms with E-state index in [0.29, 0.717) is 38.6 Å². The smallest absolute Gasteiger partial charge is 0.326 e. The molecule has 0 spiro atoms. The summed E-state index contributed by atoms with van der Waals surface area (Å²) in [5.41, 5.74) is 21.8. The maximum absolute atomic E-state index is 12.9.